The Morgan fingerprint density at radius 1 is 1.21 bits per heavy atom. The lowest BCUT2D eigenvalue weighted by Gasteiger charge is -2.17. The van der Waals surface area contributed by atoms with Gasteiger partial charge in [-0.05, 0) is 18.3 Å². The molecule has 2 N–H and O–H groups in total. The fourth-order valence-electron chi connectivity index (χ4n) is 3.20. The zero-order valence-corrected chi connectivity index (χ0v) is 16.9. The van der Waals surface area contributed by atoms with E-state index in [9.17, 15) is 9.59 Å². The minimum absolute atomic E-state index is 0.0949. The highest BCUT2D eigenvalue weighted by atomic mass is 16.1. The number of rotatable bonds is 5. The van der Waals surface area contributed by atoms with Gasteiger partial charge in [-0.15, -0.1) is 0 Å². The zero-order chi connectivity index (χ0) is 20.6. The number of nitrogens with one attached hydrogen (secondary N) is 2. The topological polar surface area (TPSA) is 92.7 Å². The van der Waals surface area contributed by atoms with Gasteiger partial charge in [-0.25, -0.2) is 4.98 Å². The summed E-state index contributed by atoms with van der Waals surface area (Å²) in [5, 5.41) is 7.58. The number of amides is 1. The monoisotopic (exact) mass is 391 g/mol. The van der Waals surface area contributed by atoms with Crippen LogP contribution in [-0.4, -0.2) is 25.7 Å². The summed E-state index contributed by atoms with van der Waals surface area (Å²) in [6, 6.07) is 12.8. The van der Waals surface area contributed by atoms with Gasteiger partial charge in [-0.1, -0.05) is 51.1 Å². The molecule has 4 rings (SSSR count). The molecule has 0 saturated heterocycles. The van der Waals surface area contributed by atoms with E-state index in [4.69, 9.17) is 0 Å². The number of H-pyrrole nitrogens is 1. The quantitative estimate of drug-likeness (QED) is 0.690. The van der Waals surface area contributed by atoms with E-state index in [0.29, 0.717) is 23.9 Å². The number of nitrogens with zero attached hydrogens (tertiary/aromatic N) is 3. The van der Waals surface area contributed by atoms with Crippen molar-refractivity contribution in [1.82, 2.24) is 19.7 Å². The molecule has 1 aliphatic carbocycles. The lowest BCUT2D eigenvalue weighted by atomic mass is 9.92. The maximum absolute atomic E-state index is 12.5. The van der Waals surface area contributed by atoms with Gasteiger partial charge < -0.3 is 5.32 Å². The lowest BCUT2D eigenvalue weighted by molar-refractivity contribution is -0.117. The molecule has 1 aliphatic rings. The SMILES string of the molecule is CC(C)(C)CC(=O)Nc1cc(C2CC2)nn1-c1nc(-c2ccccc2)cc(=O)[nH]1. The first kappa shape index (κ1) is 19.1. The number of aromatic nitrogens is 4. The third-order valence-electron chi connectivity index (χ3n) is 4.68. The summed E-state index contributed by atoms with van der Waals surface area (Å²) in [5.74, 6) is 1.12. The molecule has 1 aromatic carbocycles. The molecule has 2 aromatic heterocycles. The highest BCUT2D eigenvalue weighted by molar-refractivity contribution is 5.90. The van der Waals surface area contributed by atoms with E-state index in [-0.39, 0.29) is 22.8 Å². The van der Waals surface area contributed by atoms with Crippen molar-refractivity contribution in [3.05, 3.63) is 58.5 Å². The molecule has 1 saturated carbocycles. The molecule has 0 spiro atoms. The molecule has 1 fully saturated rings. The maximum Gasteiger partial charge on any atom is 0.252 e. The van der Waals surface area contributed by atoms with Gasteiger partial charge in [0.15, 0.2) is 0 Å². The van der Waals surface area contributed by atoms with Crippen LogP contribution in [0, 0.1) is 5.41 Å². The summed E-state index contributed by atoms with van der Waals surface area (Å²) in [6.45, 7) is 6.05. The largest absolute Gasteiger partial charge is 0.310 e. The van der Waals surface area contributed by atoms with Gasteiger partial charge in [-0.3, -0.25) is 14.6 Å². The van der Waals surface area contributed by atoms with Crippen LogP contribution >= 0.6 is 0 Å². The second kappa shape index (κ2) is 7.31. The molecule has 2 heterocycles. The van der Waals surface area contributed by atoms with Gasteiger partial charge in [0, 0.05) is 30.0 Å². The van der Waals surface area contributed by atoms with Crippen molar-refractivity contribution >= 4 is 11.7 Å². The fraction of sp³-hybridized carbons (Fsp3) is 0.364. The van der Waals surface area contributed by atoms with Crippen LogP contribution in [0.2, 0.25) is 0 Å². The van der Waals surface area contributed by atoms with E-state index < -0.39 is 0 Å². The van der Waals surface area contributed by atoms with Crippen LogP contribution in [0.3, 0.4) is 0 Å². The van der Waals surface area contributed by atoms with Gasteiger partial charge in [0.1, 0.15) is 5.82 Å². The van der Waals surface area contributed by atoms with Crippen LogP contribution in [0.4, 0.5) is 5.82 Å². The Hall–Kier alpha value is -3.22. The van der Waals surface area contributed by atoms with Gasteiger partial charge >= 0.3 is 0 Å². The number of anilines is 1. The first-order chi connectivity index (χ1) is 13.8. The van der Waals surface area contributed by atoms with E-state index in [0.717, 1.165) is 24.1 Å². The highest BCUT2D eigenvalue weighted by Crippen LogP contribution is 2.40. The van der Waals surface area contributed by atoms with Crippen molar-refractivity contribution in [2.24, 2.45) is 5.41 Å². The van der Waals surface area contributed by atoms with Crippen LogP contribution < -0.4 is 10.9 Å². The first-order valence-corrected chi connectivity index (χ1v) is 9.85. The molecular weight excluding hydrogens is 366 g/mol. The summed E-state index contributed by atoms with van der Waals surface area (Å²) in [7, 11) is 0. The number of hydrogen-bond acceptors (Lipinski definition) is 4. The number of carbonyl (C=O) groups excluding carboxylic acids is 1. The Bertz CT molecular complexity index is 1090. The smallest absolute Gasteiger partial charge is 0.252 e. The fourth-order valence-corrected chi connectivity index (χ4v) is 3.20. The molecule has 7 nitrogen and oxygen atoms in total. The molecule has 0 atom stereocenters. The van der Waals surface area contributed by atoms with E-state index >= 15 is 0 Å². The minimum atomic E-state index is -0.274. The van der Waals surface area contributed by atoms with Gasteiger partial charge in [0.25, 0.3) is 5.56 Å². The molecule has 29 heavy (non-hydrogen) atoms. The van der Waals surface area contributed by atoms with Crippen LogP contribution in [0.15, 0.2) is 47.3 Å². The predicted octanol–water partition coefficient (Wildman–Crippen LogP) is 3.87. The van der Waals surface area contributed by atoms with Crippen molar-refractivity contribution in [1.29, 1.82) is 0 Å². The maximum atomic E-state index is 12.5. The van der Waals surface area contributed by atoms with Crippen molar-refractivity contribution in [2.45, 2.75) is 46.0 Å². The Kier molecular flexibility index (Phi) is 4.82. The normalized spacial score (nSPS) is 14.0. The molecule has 1 amide bonds. The minimum Gasteiger partial charge on any atom is -0.310 e. The average Bonchev–Trinajstić information content (AvgIpc) is 3.41. The molecule has 3 aromatic rings. The molecule has 0 unspecified atom stereocenters. The Morgan fingerprint density at radius 2 is 1.93 bits per heavy atom. The van der Waals surface area contributed by atoms with Crippen LogP contribution in [0.25, 0.3) is 17.2 Å². The van der Waals surface area contributed by atoms with E-state index in [1.165, 1.54) is 10.7 Å². The number of carbonyl (C=O) groups is 1. The Balaban J connectivity index is 1.73. The average molecular weight is 391 g/mol. The number of hydrogen-bond donors (Lipinski definition) is 2. The van der Waals surface area contributed by atoms with Crippen molar-refractivity contribution in [2.75, 3.05) is 5.32 Å². The summed E-state index contributed by atoms with van der Waals surface area (Å²) >= 11 is 0. The zero-order valence-electron chi connectivity index (χ0n) is 16.9. The standard InChI is InChI=1S/C22H25N5O2/c1-22(2,3)13-20(29)24-18-11-17(15-9-10-15)26-27(18)21-23-16(12-19(28)25-21)14-7-5-4-6-8-14/h4-8,11-12,15H,9-10,13H2,1-3H3,(H,24,29)(H,23,25,28). The van der Waals surface area contributed by atoms with E-state index in [1.807, 2.05) is 57.2 Å². The molecule has 0 aliphatic heterocycles. The van der Waals surface area contributed by atoms with Gasteiger partial charge in [0.05, 0.1) is 11.4 Å². The summed E-state index contributed by atoms with van der Waals surface area (Å²) < 4.78 is 1.53. The third kappa shape index (κ3) is 4.62. The van der Waals surface area contributed by atoms with Crippen molar-refractivity contribution in [3.8, 4) is 17.2 Å². The highest BCUT2D eigenvalue weighted by Gasteiger charge is 2.29. The van der Waals surface area contributed by atoms with E-state index in [1.54, 1.807) is 0 Å². The first-order valence-electron chi connectivity index (χ1n) is 9.85. The summed E-state index contributed by atoms with van der Waals surface area (Å²) in [6.07, 6.45) is 2.55. The summed E-state index contributed by atoms with van der Waals surface area (Å²) in [5.41, 5.74) is 1.90. The molecule has 7 heteroatoms. The van der Waals surface area contributed by atoms with Crippen molar-refractivity contribution < 1.29 is 4.79 Å². The second-order valence-electron chi connectivity index (χ2n) is 8.75. The predicted molar refractivity (Wildman–Crippen MR) is 112 cm³/mol. The Labute approximate surface area is 169 Å². The van der Waals surface area contributed by atoms with Gasteiger partial charge in [-0.2, -0.15) is 9.78 Å². The lowest BCUT2D eigenvalue weighted by Crippen LogP contribution is -2.22. The molecule has 0 bridgehead atoms. The number of benzene rings is 1. The van der Waals surface area contributed by atoms with Gasteiger partial charge in [0.2, 0.25) is 11.9 Å². The molecule has 150 valence electrons. The molecule has 0 radical (unpaired) electrons. The van der Waals surface area contributed by atoms with Crippen LogP contribution in [0.5, 0.6) is 0 Å². The van der Waals surface area contributed by atoms with Crippen LogP contribution in [-0.2, 0) is 4.79 Å². The van der Waals surface area contributed by atoms with Crippen molar-refractivity contribution in [3.63, 3.8) is 0 Å². The Morgan fingerprint density at radius 3 is 2.59 bits per heavy atom. The van der Waals surface area contributed by atoms with E-state index in [2.05, 4.69) is 20.4 Å². The number of aromatic amines is 1. The second-order valence-corrected chi connectivity index (χ2v) is 8.75. The molecular formula is C22H25N5O2. The summed E-state index contributed by atoms with van der Waals surface area (Å²) in [4.78, 5) is 32.2. The van der Waals surface area contributed by atoms with Crippen LogP contribution in [0.1, 0.15) is 51.6 Å². The third-order valence-corrected chi connectivity index (χ3v) is 4.68.